The number of hydrogen-bond acceptors (Lipinski definition) is 4. The van der Waals surface area contributed by atoms with E-state index in [1.165, 1.54) is 0 Å². The fraction of sp³-hybridized carbons (Fsp3) is 0.188. The molecule has 2 heterocycles. The third-order valence-electron chi connectivity index (χ3n) is 2.82. The number of fused-ring (bicyclic) bond motifs is 1. The normalized spacial score (nSPS) is 11.2. The van der Waals surface area contributed by atoms with Gasteiger partial charge in [-0.05, 0) is 12.1 Å². The van der Waals surface area contributed by atoms with Crippen LogP contribution in [-0.4, -0.2) is 20.2 Å². The molecule has 0 saturated heterocycles. The first-order valence-corrected chi connectivity index (χ1v) is 7.47. The Morgan fingerprint density at radius 2 is 1.75 bits per heavy atom. The Hall–Kier alpha value is -1.94. The lowest BCUT2D eigenvalue weighted by Gasteiger charge is -2.09. The van der Waals surface area contributed by atoms with Crippen molar-refractivity contribution in [1.29, 1.82) is 0 Å². The van der Waals surface area contributed by atoms with Gasteiger partial charge in [0.25, 0.3) is 0 Å². The molecule has 1 aromatic carbocycles. The topological polar surface area (TPSA) is 38.7 Å². The number of thioether (sulfide) groups is 1. The Balaban J connectivity index is 2.20. The predicted octanol–water partition coefficient (Wildman–Crippen LogP) is 4.19. The molecule has 3 rings (SSSR count). The second kappa shape index (κ2) is 5.59. The minimum atomic E-state index is 0.469. The average Bonchev–Trinajstić information content (AvgIpc) is 2.47. The van der Waals surface area contributed by atoms with Gasteiger partial charge in [0.05, 0.1) is 5.39 Å². The zero-order valence-electron chi connectivity index (χ0n) is 11.4. The maximum atomic E-state index is 4.72. The molecule has 0 N–H and O–H groups in total. The van der Waals surface area contributed by atoms with Gasteiger partial charge in [-0.25, -0.2) is 15.0 Å². The van der Waals surface area contributed by atoms with Crippen molar-refractivity contribution in [2.75, 3.05) is 0 Å². The summed E-state index contributed by atoms with van der Waals surface area (Å²) < 4.78 is 0. The van der Waals surface area contributed by atoms with Crippen molar-refractivity contribution in [2.24, 2.45) is 0 Å². The lowest BCUT2D eigenvalue weighted by molar-refractivity contribution is 1.06. The van der Waals surface area contributed by atoms with Gasteiger partial charge in [-0.15, -0.1) is 11.8 Å². The van der Waals surface area contributed by atoms with Crippen LogP contribution in [0.1, 0.15) is 13.8 Å². The summed E-state index contributed by atoms with van der Waals surface area (Å²) in [5, 5.41) is 2.49. The molecular weight excluding hydrogens is 266 g/mol. The van der Waals surface area contributed by atoms with E-state index in [0.717, 1.165) is 27.4 Å². The molecule has 0 aliphatic heterocycles. The summed E-state index contributed by atoms with van der Waals surface area (Å²) in [6.07, 6.45) is 1.77. The summed E-state index contributed by atoms with van der Waals surface area (Å²) in [5.74, 6) is 0.736. The number of nitrogens with zero attached hydrogens (tertiary/aromatic N) is 3. The molecule has 0 amide bonds. The summed E-state index contributed by atoms with van der Waals surface area (Å²) in [4.78, 5) is 13.7. The van der Waals surface area contributed by atoms with Crippen molar-refractivity contribution in [2.45, 2.75) is 24.1 Å². The number of rotatable bonds is 3. The Morgan fingerprint density at radius 3 is 2.50 bits per heavy atom. The van der Waals surface area contributed by atoms with E-state index in [0.29, 0.717) is 5.25 Å². The molecule has 0 aliphatic carbocycles. The third-order valence-corrected chi connectivity index (χ3v) is 3.82. The van der Waals surface area contributed by atoms with Crippen LogP contribution in [0.5, 0.6) is 0 Å². The monoisotopic (exact) mass is 281 g/mol. The molecule has 3 nitrogen and oxygen atoms in total. The number of hydrogen-bond donors (Lipinski definition) is 0. The van der Waals surface area contributed by atoms with Crippen molar-refractivity contribution in [3.63, 3.8) is 0 Å². The van der Waals surface area contributed by atoms with Gasteiger partial charge < -0.3 is 0 Å². The van der Waals surface area contributed by atoms with Crippen LogP contribution in [0.3, 0.4) is 0 Å². The molecule has 0 atom stereocenters. The fourth-order valence-corrected chi connectivity index (χ4v) is 2.84. The van der Waals surface area contributed by atoms with E-state index in [9.17, 15) is 0 Å². The summed E-state index contributed by atoms with van der Waals surface area (Å²) in [5.41, 5.74) is 1.77. The molecule has 20 heavy (non-hydrogen) atoms. The number of pyridine rings is 1. The molecule has 0 saturated carbocycles. The quantitative estimate of drug-likeness (QED) is 0.533. The standard InChI is InChI=1S/C16H15N3S/c1-11(2)20-16-13-9-6-10-17-15(13)18-14(19-16)12-7-4-3-5-8-12/h3-11H,1-2H3. The maximum Gasteiger partial charge on any atom is 0.164 e. The molecule has 0 bridgehead atoms. The van der Waals surface area contributed by atoms with E-state index in [1.807, 2.05) is 42.5 Å². The van der Waals surface area contributed by atoms with E-state index in [-0.39, 0.29) is 0 Å². The van der Waals surface area contributed by atoms with Crippen LogP contribution in [0.15, 0.2) is 53.7 Å². The molecule has 100 valence electrons. The first kappa shape index (κ1) is 13.1. The highest BCUT2D eigenvalue weighted by Crippen LogP contribution is 2.29. The summed E-state index contributed by atoms with van der Waals surface area (Å²) in [6, 6.07) is 14.0. The Morgan fingerprint density at radius 1 is 0.950 bits per heavy atom. The SMILES string of the molecule is CC(C)Sc1nc(-c2ccccc2)nc2ncccc12. The van der Waals surface area contributed by atoms with Crippen LogP contribution in [0.25, 0.3) is 22.4 Å². The third kappa shape index (κ3) is 2.65. The fourth-order valence-electron chi connectivity index (χ4n) is 1.96. The average molecular weight is 281 g/mol. The van der Waals surface area contributed by atoms with Gasteiger partial charge >= 0.3 is 0 Å². The minimum absolute atomic E-state index is 0.469. The predicted molar refractivity (Wildman–Crippen MR) is 83.8 cm³/mol. The summed E-state index contributed by atoms with van der Waals surface area (Å²) >= 11 is 1.75. The van der Waals surface area contributed by atoms with Crippen molar-refractivity contribution in [3.8, 4) is 11.4 Å². The van der Waals surface area contributed by atoms with Crippen LogP contribution in [0, 0.1) is 0 Å². The highest BCUT2D eigenvalue weighted by atomic mass is 32.2. The number of aromatic nitrogens is 3. The first-order chi connectivity index (χ1) is 9.74. The van der Waals surface area contributed by atoms with Gasteiger partial charge in [-0.2, -0.15) is 0 Å². The van der Waals surface area contributed by atoms with Crippen molar-refractivity contribution in [3.05, 3.63) is 48.7 Å². The molecular formula is C16H15N3S. The van der Waals surface area contributed by atoms with Gasteiger partial charge in [0, 0.05) is 17.0 Å². The molecule has 0 unspecified atom stereocenters. The molecule has 0 radical (unpaired) electrons. The Labute approximate surface area is 122 Å². The molecule has 2 aromatic heterocycles. The Kier molecular flexibility index (Phi) is 3.65. The van der Waals surface area contributed by atoms with E-state index in [1.54, 1.807) is 18.0 Å². The summed E-state index contributed by atoms with van der Waals surface area (Å²) in [7, 11) is 0. The van der Waals surface area contributed by atoms with Gasteiger partial charge in [-0.3, -0.25) is 0 Å². The molecule has 0 aliphatic rings. The molecule has 0 fully saturated rings. The minimum Gasteiger partial charge on any atom is -0.236 e. The smallest absolute Gasteiger partial charge is 0.164 e. The second-order valence-corrected chi connectivity index (χ2v) is 6.32. The highest BCUT2D eigenvalue weighted by Gasteiger charge is 2.11. The van der Waals surface area contributed by atoms with Crippen molar-refractivity contribution in [1.82, 2.24) is 15.0 Å². The van der Waals surface area contributed by atoms with Gasteiger partial charge in [-0.1, -0.05) is 44.2 Å². The summed E-state index contributed by atoms with van der Waals surface area (Å²) in [6.45, 7) is 4.33. The largest absolute Gasteiger partial charge is 0.236 e. The Bertz CT molecular complexity index is 726. The lowest BCUT2D eigenvalue weighted by Crippen LogP contribution is -1.97. The molecule has 4 heteroatoms. The van der Waals surface area contributed by atoms with E-state index >= 15 is 0 Å². The molecule has 0 spiro atoms. The van der Waals surface area contributed by atoms with Crippen molar-refractivity contribution < 1.29 is 0 Å². The van der Waals surface area contributed by atoms with Gasteiger partial charge in [0.1, 0.15) is 5.03 Å². The lowest BCUT2D eigenvalue weighted by atomic mass is 10.2. The van der Waals surface area contributed by atoms with E-state index in [4.69, 9.17) is 4.98 Å². The van der Waals surface area contributed by atoms with Crippen LogP contribution in [0.2, 0.25) is 0 Å². The van der Waals surface area contributed by atoms with Gasteiger partial charge in [0.15, 0.2) is 11.5 Å². The maximum absolute atomic E-state index is 4.72. The van der Waals surface area contributed by atoms with Crippen molar-refractivity contribution >= 4 is 22.8 Å². The second-order valence-electron chi connectivity index (χ2n) is 4.76. The highest BCUT2D eigenvalue weighted by molar-refractivity contribution is 8.00. The van der Waals surface area contributed by atoms with Crippen LogP contribution >= 0.6 is 11.8 Å². The van der Waals surface area contributed by atoms with Crippen LogP contribution in [0.4, 0.5) is 0 Å². The molecule has 3 aromatic rings. The van der Waals surface area contributed by atoms with Crippen LogP contribution in [-0.2, 0) is 0 Å². The number of benzene rings is 1. The zero-order chi connectivity index (χ0) is 13.9. The van der Waals surface area contributed by atoms with Crippen LogP contribution < -0.4 is 0 Å². The van der Waals surface area contributed by atoms with E-state index < -0.39 is 0 Å². The first-order valence-electron chi connectivity index (χ1n) is 6.59. The van der Waals surface area contributed by atoms with Gasteiger partial charge in [0.2, 0.25) is 0 Å². The zero-order valence-corrected chi connectivity index (χ0v) is 12.3. The van der Waals surface area contributed by atoms with E-state index in [2.05, 4.69) is 23.8 Å².